The minimum Gasteiger partial charge on any atom is -0.496 e. The first kappa shape index (κ1) is 107. The summed E-state index contributed by atoms with van der Waals surface area (Å²) in [6.07, 6.45) is 7.01. The molecule has 784 valence electrons. The monoisotopic (exact) mass is 2140 g/mol. The van der Waals surface area contributed by atoms with Gasteiger partial charge in [0.2, 0.25) is 17.7 Å². The van der Waals surface area contributed by atoms with Gasteiger partial charge in [0.05, 0.1) is 132 Å². The number of hydrogen-bond donors (Lipinski definition) is 2. The molecule has 0 saturated carbocycles. The predicted molar refractivity (Wildman–Crippen MR) is 565 cm³/mol. The molecule has 0 bridgehead atoms. The minimum absolute atomic E-state index is 0.00482. The highest BCUT2D eigenvalue weighted by molar-refractivity contribution is 7.22. The number of ether oxygens (including phenoxy) is 9. The van der Waals surface area contributed by atoms with Gasteiger partial charge in [-0.05, 0) is 106 Å². The fourth-order valence-electron chi connectivity index (χ4n) is 19.6. The lowest BCUT2D eigenvalue weighted by Crippen LogP contribution is -2.66. The Morgan fingerprint density at radius 1 is 0.407 bits per heavy atom. The van der Waals surface area contributed by atoms with Crippen molar-refractivity contribution >= 4 is 120 Å². The van der Waals surface area contributed by atoms with Gasteiger partial charge in [-0.15, -0.1) is 14.4 Å². The summed E-state index contributed by atoms with van der Waals surface area (Å²) in [7, 11) is 2.09. The molecule has 0 aliphatic carbocycles. The Labute approximate surface area is 875 Å². The number of aliphatic hydroxyl groups is 1. The predicted octanol–water partition coefficient (Wildman–Crippen LogP) is 12.9. The Morgan fingerprint density at radius 2 is 0.700 bits per heavy atom. The van der Waals surface area contributed by atoms with E-state index in [4.69, 9.17) is 61.5 Å². The number of hydrogen-bond acceptors (Lipinski definition) is 30. The van der Waals surface area contributed by atoms with Gasteiger partial charge in [-0.1, -0.05) is 197 Å². The molecule has 19 rings (SSSR count). The number of thiophene rings is 3. The van der Waals surface area contributed by atoms with E-state index in [1.807, 2.05) is 86.6 Å². The van der Waals surface area contributed by atoms with E-state index in [1.54, 1.807) is 61.7 Å². The Hall–Kier alpha value is -14.3. The Balaban J connectivity index is 0.000000156. The van der Waals surface area contributed by atoms with Gasteiger partial charge in [0, 0.05) is 86.4 Å². The van der Waals surface area contributed by atoms with Crippen molar-refractivity contribution in [2.45, 2.75) is 128 Å². The van der Waals surface area contributed by atoms with E-state index in [1.165, 1.54) is 144 Å². The van der Waals surface area contributed by atoms with Gasteiger partial charge < -0.3 is 71.7 Å². The second-order valence-electron chi connectivity index (χ2n) is 38.1. The zero-order chi connectivity index (χ0) is 106. The molecular formula is C106H115F3N18O18S3Si2. The number of fused-ring (bicyclic) bond motifs is 3. The highest BCUT2D eigenvalue weighted by Crippen LogP contribution is 2.44. The maximum absolute atomic E-state index is 14.9. The number of carbonyl (C=O) groups excluding carboxylic acids is 3. The van der Waals surface area contributed by atoms with E-state index in [-0.39, 0.29) is 148 Å². The number of likely N-dealkylation sites (N-methyl/N-ethyl adjacent to an activating group) is 2. The van der Waals surface area contributed by atoms with Crippen LogP contribution in [0.1, 0.15) is 131 Å². The maximum atomic E-state index is 14.9. The molecule has 9 aromatic heterocycles. The number of nitrogens with zero attached hydrogens (tertiary/aromatic N) is 17. The van der Waals surface area contributed by atoms with Gasteiger partial charge in [-0.25, -0.2) is 13.2 Å². The van der Waals surface area contributed by atoms with Crippen LogP contribution < -0.4 is 71.2 Å². The molecule has 36 nitrogen and oxygen atoms in total. The van der Waals surface area contributed by atoms with Crippen LogP contribution in [0.25, 0.3) is 45.7 Å². The fraction of sp³-hybridized carbons (Fsp3) is 0.349. The van der Waals surface area contributed by atoms with Crippen LogP contribution in [0.4, 0.5) is 13.2 Å². The standard InChI is InChI=1S/C41H45FN6O6SSi.C40H43FN6O6SSi.C25H27FN6O6S/c1-27-36-37(55-39(27)48-43-19-20-44-48)45-40(47(38(36)50)29-24-35(49)46(5)25-29)53-26-34(32-23-28(42)17-18-33(32)51-6)52-21-22-54-56(41(2,3)4,30-13-9-7-10-14-30)31-15-11-8-12-16-31;1-26-35-36(54-38(26)47-43-18-19-44-47)45-39(46(37(35)49)28-23-34(48)42-24-28)52-25-33(31-22-27(41)16-17-32(31)50-5)51-20-21-53-55(40(2,3)4,29-12-8-6-9-13-29)30-14-10-7-11-15-30;1-14-21-22(39-24(14)32-27-6-7-28-32)29-25(31(23(21)35)16-11-20(34)30(2)12-16)38-13-19(37-9-8-33)17-10-15(26)4-5-18(17)36-3/h7-20,23,29,34H,21-22,24-26H2,1-6H3;6-19,22,28,33H,20-21,23-25H2,1-5H3,(H,42,48);4-7,10,16,19,33H,8-9,11-13H2,1-3H3/t29-,34+;28-,33+;16-,19+/m111/s1. The van der Waals surface area contributed by atoms with Crippen LogP contribution in [-0.2, 0) is 37.4 Å². The third-order valence-electron chi connectivity index (χ3n) is 26.7. The van der Waals surface area contributed by atoms with Gasteiger partial charge in [0.15, 0.2) is 0 Å². The smallest absolute Gasteiger partial charge is 0.301 e. The molecule has 16 aromatic rings. The first-order valence-electron chi connectivity index (χ1n) is 48.6. The SMILES string of the molecule is COc1ccc(F)cc1[C@H](COc1nc2sc(-n3nccn3)c(C)c2c(=O)n1[C@@H]1CC(=O)N(C)C1)OCCO.COc1ccc(F)cc1[C@H](COc1nc2sc(-n3nccn3)c(C)c2c(=O)n1[C@@H]1CC(=O)N(C)C1)OCCO[Si](c1ccccc1)(c1ccccc1)C(C)(C)C.COc1ccc(F)cc1[C@H](COc1nc2sc(-n3nccn3)c(C)c2c(=O)n1[C@H]1CNC(=O)C1)OCCO[Si](c1ccccc1)(c1ccccc1)C(C)(C)C. The minimum atomic E-state index is -2.87. The lowest BCUT2D eigenvalue weighted by Gasteiger charge is -2.43. The molecule has 0 spiro atoms. The summed E-state index contributed by atoms with van der Waals surface area (Å²) in [4.78, 5) is 103. The lowest BCUT2D eigenvalue weighted by atomic mass is 10.1. The van der Waals surface area contributed by atoms with E-state index in [9.17, 15) is 47.0 Å². The van der Waals surface area contributed by atoms with E-state index < -0.39 is 70.5 Å². The first-order chi connectivity index (χ1) is 72.3. The van der Waals surface area contributed by atoms with Crippen molar-refractivity contribution in [2.24, 2.45) is 0 Å². The average molecular weight is 2140 g/mol. The second-order valence-corrected chi connectivity index (χ2v) is 49.7. The van der Waals surface area contributed by atoms with E-state index in [2.05, 4.69) is 131 Å². The van der Waals surface area contributed by atoms with Crippen LogP contribution in [0.5, 0.6) is 35.3 Å². The van der Waals surface area contributed by atoms with Crippen LogP contribution in [0.3, 0.4) is 0 Å². The third-order valence-corrected chi connectivity index (χ3v) is 40.2. The lowest BCUT2D eigenvalue weighted by molar-refractivity contribution is -0.127. The summed E-state index contributed by atoms with van der Waals surface area (Å²) < 4.78 is 117. The number of likely N-dealkylation sites (tertiary alicyclic amines) is 2. The van der Waals surface area contributed by atoms with E-state index in [0.717, 1.165) is 20.7 Å². The molecule has 44 heteroatoms. The van der Waals surface area contributed by atoms with Gasteiger partial charge in [0.1, 0.15) is 102 Å². The van der Waals surface area contributed by atoms with Gasteiger partial charge >= 0.3 is 18.0 Å². The van der Waals surface area contributed by atoms with Crippen LogP contribution >= 0.6 is 34.0 Å². The molecule has 7 aromatic carbocycles. The summed E-state index contributed by atoms with van der Waals surface area (Å²) in [6.45, 7) is 19.4. The van der Waals surface area contributed by atoms with Crippen LogP contribution in [0.2, 0.25) is 10.1 Å². The van der Waals surface area contributed by atoms with Crippen molar-refractivity contribution in [3.63, 3.8) is 0 Å². The number of carbonyl (C=O) groups is 3. The molecule has 12 heterocycles. The summed E-state index contributed by atoms with van der Waals surface area (Å²) in [5.74, 6) is -0.652. The number of amides is 3. The van der Waals surface area contributed by atoms with Gasteiger partial charge in [-0.3, -0.25) is 42.5 Å². The molecule has 0 unspecified atom stereocenters. The summed E-state index contributed by atoms with van der Waals surface area (Å²) in [5, 5.41) is 44.7. The van der Waals surface area contributed by atoms with E-state index in [0.29, 0.717) is 109 Å². The van der Waals surface area contributed by atoms with Gasteiger partial charge in [-0.2, -0.15) is 45.5 Å². The topological polar surface area (TPSA) is 388 Å². The highest BCUT2D eigenvalue weighted by Gasteiger charge is 2.52. The molecular weight excluding hydrogens is 2020 g/mol. The van der Waals surface area contributed by atoms with Crippen molar-refractivity contribution in [2.75, 3.05) is 115 Å². The molecule has 3 aliphatic rings. The van der Waals surface area contributed by atoms with Crippen LogP contribution in [0.15, 0.2) is 227 Å². The van der Waals surface area contributed by atoms with E-state index >= 15 is 0 Å². The second kappa shape index (κ2) is 46.4. The number of aliphatic hydroxyl groups excluding tert-OH is 1. The Kier molecular flexibility index (Phi) is 33.1. The molecule has 3 fully saturated rings. The number of benzene rings is 7. The van der Waals surface area contributed by atoms with Crippen LogP contribution in [-0.4, -0.2) is 237 Å². The molecule has 3 amide bonds. The summed E-state index contributed by atoms with van der Waals surface area (Å²) in [6, 6.07) is 52.1. The Bertz CT molecular complexity index is 7580. The Morgan fingerprint density at radius 3 is 0.960 bits per heavy atom. The number of halogens is 3. The van der Waals surface area contributed by atoms with Crippen molar-refractivity contribution < 1.29 is 84.1 Å². The van der Waals surface area contributed by atoms with Crippen LogP contribution in [0, 0.1) is 38.2 Å². The third kappa shape index (κ3) is 22.2. The average Bonchev–Trinajstić information content (AvgIpc) is 1.26. The molecule has 2 N–H and O–H groups in total. The molecule has 6 atom stereocenters. The number of nitrogens with one attached hydrogen (secondary N) is 1. The highest BCUT2D eigenvalue weighted by atomic mass is 32.1. The van der Waals surface area contributed by atoms with Gasteiger partial charge in [0.25, 0.3) is 33.3 Å². The first-order valence-corrected chi connectivity index (χ1v) is 54.9. The fourth-order valence-corrected chi connectivity index (χ4v) is 31.9. The summed E-state index contributed by atoms with van der Waals surface area (Å²) >= 11 is 3.75. The van der Waals surface area contributed by atoms with Crippen molar-refractivity contribution in [1.29, 1.82) is 0 Å². The van der Waals surface area contributed by atoms with Crippen molar-refractivity contribution in [3.8, 4) is 50.3 Å². The quantitative estimate of drug-likeness (QED) is 0.0268. The largest absolute Gasteiger partial charge is 0.496 e. The molecule has 0 radical (unpaired) electrons. The maximum Gasteiger partial charge on any atom is 0.301 e. The zero-order valence-corrected chi connectivity index (χ0v) is 89.6. The van der Waals surface area contributed by atoms with Crippen molar-refractivity contribution in [3.05, 3.63) is 295 Å². The number of aryl methyl sites for hydroxylation is 3. The zero-order valence-electron chi connectivity index (χ0n) is 85.1. The number of rotatable bonds is 38. The molecule has 3 saturated heterocycles. The van der Waals surface area contributed by atoms with Crippen molar-refractivity contribution in [1.82, 2.24) is 88.8 Å². The number of methoxy groups -OCH3 is 3. The number of aromatic nitrogens is 15. The summed E-state index contributed by atoms with van der Waals surface area (Å²) in [5.41, 5.74) is 2.15. The normalized spacial score (nSPS) is 15.6. The molecule has 150 heavy (non-hydrogen) atoms. The molecule has 3 aliphatic heterocycles.